The molecule has 1 aromatic heterocycles. The molecule has 0 radical (unpaired) electrons. The van der Waals surface area contributed by atoms with Gasteiger partial charge in [0.1, 0.15) is 6.04 Å². The maximum Gasteiger partial charge on any atom is 0.259 e. The van der Waals surface area contributed by atoms with Gasteiger partial charge in [-0.05, 0) is 67.9 Å². The maximum absolute atomic E-state index is 13.3. The number of piperidine rings is 2. The highest BCUT2D eigenvalue weighted by molar-refractivity contribution is 6.27. The summed E-state index contributed by atoms with van der Waals surface area (Å²) < 4.78 is 2.11. The van der Waals surface area contributed by atoms with Gasteiger partial charge >= 0.3 is 0 Å². The summed E-state index contributed by atoms with van der Waals surface area (Å²) >= 11 is 0. The van der Waals surface area contributed by atoms with Crippen molar-refractivity contribution in [2.24, 2.45) is 0 Å². The minimum absolute atomic E-state index is 0. The van der Waals surface area contributed by atoms with Crippen molar-refractivity contribution in [1.82, 2.24) is 20.4 Å². The quantitative estimate of drug-likeness (QED) is 0.545. The monoisotopic (exact) mass is 493 g/mol. The van der Waals surface area contributed by atoms with Gasteiger partial charge in [0.25, 0.3) is 5.91 Å². The van der Waals surface area contributed by atoms with Crippen LogP contribution >= 0.6 is 12.4 Å². The molecular formula is C26H28ClN5O3. The highest BCUT2D eigenvalue weighted by Crippen LogP contribution is 2.41. The molecule has 3 amide bonds. The van der Waals surface area contributed by atoms with Crippen molar-refractivity contribution < 1.29 is 14.4 Å². The van der Waals surface area contributed by atoms with Crippen LogP contribution in [0.4, 0.5) is 5.69 Å². The standard InChI is InChI=1S/C26H27N5O3.ClH/c1-26(9-11-27-12-10-26)30-15-16(14-28-30)13-17-5-6-20-23-18(17)3-2-4-19(23)25(34)31(20)21-7-8-22(32)29-24(21)33;/h2-6,14-15,21,27H,7-13H2,1H3,(H,29,32,33);1H. The molecule has 3 aliphatic heterocycles. The average Bonchev–Trinajstić information content (AvgIpc) is 3.41. The number of hydrogen-bond donors (Lipinski definition) is 2. The summed E-state index contributed by atoms with van der Waals surface area (Å²) in [6.07, 6.45) is 7.46. The molecule has 0 aliphatic carbocycles. The van der Waals surface area contributed by atoms with Crippen LogP contribution in [0.1, 0.15) is 54.1 Å². The molecule has 8 nitrogen and oxygen atoms in total. The van der Waals surface area contributed by atoms with Crippen molar-refractivity contribution in [1.29, 1.82) is 0 Å². The predicted octanol–water partition coefficient (Wildman–Crippen LogP) is 2.91. The number of imide groups is 1. The van der Waals surface area contributed by atoms with Crippen LogP contribution in [0.3, 0.4) is 0 Å². The van der Waals surface area contributed by atoms with Crippen molar-refractivity contribution in [3.05, 3.63) is 59.4 Å². The van der Waals surface area contributed by atoms with Gasteiger partial charge in [0, 0.05) is 30.0 Å². The molecule has 6 rings (SSSR count). The first-order chi connectivity index (χ1) is 16.4. The van der Waals surface area contributed by atoms with E-state index in [1.807, 2.05) is 36.5 Å². The Kier molecular flexibility index (Phi) is 5.89. The number of nitrogens with one attached hydrogen (secondary N) is 2. The lowest BCUT2D eigenvalue weighted by molar-refractivity contribution is -0.134. The zero-order chi connectivity index (χ0) is 23.4. The Bertz CT molecular complexity index is 1340. The molecular weight excluding hydrogens is 466 g/mol. The topological polar surface area (TPSA) is 96.3 Å². The number of nitrogens with zero attached hydrogens (tertiary/aromatic N) is 3. The molecule has 1 atom stereocenters. The van der Waals surface area contributed by atoms with Crippen LogP contribution in [-0.2, 0) is 21.5 Å². The smallest absolute Gasteiger partial charge is 0.259 e. The van der Waals surface area contributed by atoms with Crippen LogP contribution in [0.5, 0.6) is 0 Å². The molecule has 2 fully saturated rings. The van der Waals surface area contributed by atoms with Crippen molar-refractivity contribution in [3.8, 4) is 0 Å². The normalized spacial score (nSPS) is 21.2. The van der Waals surface area contributed by atoms with Crippen LogP contribution in [0.25, 0.3) is 10.8 Å². The number of amides is 3. The molecule has 0 saturated carbocycles. The Hall–Kier alpha value is -3.23. The third-order valence-corrected chi connectivity index (χ3v) is 7.60. The van der Waals surface area contributed by atoms with E-state index in [-0.39, 0.29) is 36.2 Å². The number of rotatable bonds is 4. The molecule has 4 heterocycles. The van der Waals surface area contributed by atoms with Crippen LogP contribution in [0.2, 0.25) is 0 Å². The first-order valence-corrected chi connectivity index (χ1v) is 11.9. The molecule has 182 valence electrons. The average molecular weight is 494 g/mol. The molecule has 2 saturated heterocycles. The van der Waals surface area contributed by atoms with Crippen molar-refractivity contribution >= 4 is 46.6 Å². The second kappa shape index (κ2) is 8.77. The van der Waals surface area contributed by atoms with Crippen LogP contribution < -0.4 is 15.5 Å². The minimum Gasteiger partial charge on any atom is -0.317 e. The summed E-state index contributed by atoms with van der Waals surface area (Å²) in [4.78, 5) is 39.1. The lowest BCUT2D eigenvalue weighted by Gasteiger charge is -2.34. The molecule has 0 bridgehead atoms. The van der Waals surface area contributed by atoms with Gasteiger partial charge < -0.3 is 5.32 Å². The lowest BCUT2D eigenvalue weighted by Crippen LogP contribution is -2.53. The maximum atomic E-state index is 13.3. The number of aromatic nitrogens is 2. The van der Waals surface area contributed by atoms with E-state index in [1.54, 1.807) is 4.90 Å². The number of carbonyl (C=O) groups is 3. The van der Waals surface area contributed by atoms with E-state index >= 15 is 0 Å². The second-order valence-corrected chi connectivity index (χ2v) is 9.83. The fourth-order valence-corrected chi connectivity index (χ4v) is 5.62. The molecule has 35 heavy (non-hydrogen) atoms. The van der Waals surface area contributed by atoms with Crippen LogP contribution in [-0.4, -0.2) is 46.6 Å². The molecule has 3 aromatic rings. The third kappa shape index (κ3) is 3.81. The molecule has 3 aliphatic rings. The second-order valence-electron chi connectivity index (χ2n) is 9.83. The Labute approximate surface area is 209 Å². The van der Waals surface area contributed by atoms with Crippen LogP contribution in [0, 0.1) is 0 Å². The van der Waals surface area contributed by atoms with Gasteiger partial charge in [-0.1, -0.05) is 18.2 Å². The van der Waals surface area contributed by atoms with Gasteiger partial charge in [0.2, 0.25) is 11.8 Å². The first-order valence-electron chi connectivity index (χ1n) is 11.9. The summed E-state index contributed by atoms with van der Waals surface area (Å²) in [5.74, 6) is -0.878. The minimum atomic E-state index is -0.671. The molecule has 9 heteroatoms. The number of halogens is 1. The highest BCUT2D eigenvalue weighted by Gasteiger charge is 2.40. The summed E-state index contributed by atoms with van der Waals surface area (Å²) in [5, 5.41) is 12.4. The Morgan fingerprint density at radius 1 is 1.11 bits per heavy atom. The number of benzene rings is 2. The summed E-state index contributed by atoms with van der Waals surface area (Å²) in [7, 11) is 0. The van der Waals surface area contributed by atoms with Gasteiger partial charge in [-0.3, -0.25) is 29.3 Å². The molecule has 0 spiro atoms. The van der Waals surface area contributed by atoms with E-state index in [0.29, 0.717) is 18.4 Å². The molecule has 2 N–H and O–H groups in total. The fourth-order valence-electron chi connectivity index (χ4n) is 5.62. The van der Waals surface area contributed by atoms with Crippen molar-refractivity contribution in [2.75, 3.05) is 18.0 Å². The highest BCUT2D eigenvalue weighted by atomic mass is 35.5. The molecule has 2 aromatic carbocycles. The van der Waals surface area contributed by atoms with E-state index in [4.69, 9.17) is 0 Å². The van der Waals surface area contributed by atoms with E-state index in [2.05, 4.69) is 33.5 Å². The van der Waals surface area contributed by atoms with Gasteiger partial charge in [0.15, 0.2) is 0 Å². The number of hydrogen-bond acceptors (Lipinski definition) is 5. The molecule has 1 unspecified atom stereocenters. The van der Waals surface area contributed by atoms with Gasteiger partial charge in [0.05, 0.1) is 17.4 Å². The van der Waals surface area contributed by atoms with Gasteiger partial charge in [-0.15, -0.1) is 12.4 Å². The SMILES string of the molecule is CC1(n2cc(Cc3ccc4c5c(cccc35)C(=O)N4C3CCC(=O)NC3=O)cn2)CCNCC1.Cl. The Balaban J connectivity index is 0.00000253. The van der Waals surface area contributed by atoms with E-state index in [0.717, 1.165) is 53.5 Å². The zero-order valence-corrected chi connectivity index (χ0v) is 20.4. The van der Waals surface area contributed by atoms with E-state index < -0.39 is 11.9 Å². The lowest BCUT2D eigenvalue weighted by atomic mass is 9.91. The van der Waals surface area contributed by atoms with E-state index in [1.165, 1.54) is 0 Å². The Morgan fingerprint density at radius 3 is 2.69 bits per heavy atom. The van der Waals surface area contributed by atoms with E-state index in [9.17, 15) is 14.4 Å². The Morgan fingerprint density at radius 2 is 1.91 bits per heavy atom. The van der Waals surface area contributed by atoms with Crippen molar-refractivity contribution in [2.45, 2.75) is 50.6 Å². The summed E-state index contributed by atoms with van der Waals surface area (Å²) in [5.41, 5.74) is 3.63. The van der Waals surface area contributed by atoms with Gasteiger partial charge in [-0.25, -0.2) is 0 Å². The number of carbonyl (C=O) groups excluding carboxylic acids is 3. The predicted molar refractivity (Wildman–Crippen MR) is 135 cm³/mol. The third-order valence-electron chi connectivity index (χ3n) is 7.60. The first kappa shape index (κ1) is 23.5. The zero-order valence-electron chi connectivity index (χ0n) is 19.5. The fraction of sp³-hybridized carbons (Fsp3) is 0.385. The summed E-state index contributed by atoms with van der Waals surface area (Å²) in [6.45, 7) is 4.26. The van der Waals surface area contributed by atoms with Crippen molar-refractivity contribution in [3.63, 3.8) is 0 Å². The number of anilines is 1. The summed E-state index contributed by atoms with van der Waals surface area (Å²) in [6, 6.07) is 9.07. The van der Waals surface area contributed by atoms with Gasteiger partial charge in [-0.2, -0.15) is 5.10 Å². The van der Waals surface area contributed by atoms with Crippen LogP contribution in [0.15, 0.2) is 42.7 Å². The largest absolute Gasteiger partial charge is 0.317 e.